The van der Waals surface area contributed by atoms with E-state index in [0.29, 0.717) is 23.7 Å². The Morgan fingerprint density at radius 1 is 1.10 bits per heavy atom. The third kappa shape index (κ3) is 5.40. The van der Waals surface area contributed by atoms with Crippen molar-refractivity contribution in [2.45, 2.75) is 40.2 Å². The highest BCUT2D eigenvalue weighted by molar-refractivity contribution is 5.97. The molecule has 1 heterocycles. The molecule has 0 saturated heterocycles. The number of rotatable bonds is 6. The van der Waals surface area contributed by atoms with Crippen molar-refractivity contribution < 1.29 is 14.4 Å². The smallest absolute Gasteiger partial charge is 0.251 e. The molecule has 2 N–H and O–H groups in total. The molecule has 0 fully saturated rings. The van der Waals surface area contributed by atoms with E-state index in [1.807, 2.05) is 51.1 Å². The topological polar surface area (TPSA) is 78.5 Å². The van der Waals surface area contributed by atoms with Gasteiger partial charge in [-0.3, -0.25) is 14.4 Å². The first kappa shape index (κ1) is 22.3. The summed E-state index contributed by atoms with van der Waals surface area (Å²) in [6, 6.07) is 12.6. The van der Waals surface area contributed by atoms with Gasteiger partial charge < -0.3 is 15.5 Å². The Balaban J connectivity index is 1.72. The van der Waals surface area contributed by atoms with E-state index >= 15 is 0 Å². The number of carbonyl (C=O) groups excluding carboxylic acids is 3. The molecule has 0 saturated carbocycles. The Kier molecular flexibility index (Phi) is 6.90. The number of nitrogens with zero attached hydrogens (tertiary/aromatic N) is 1. The average molecular weight is 420 g/mol. The second-order valence-electron chi connectivity index (χ2n) is 8.27. The molecule has 0 bridgehead atoms. The number of benzene rings is 2. The minimum atomic E-state index is -0.361. The molecule has 162 valence electrons. The van der Waals surface area contributed by atoms with Gasteiger partial charge in [0.25, 0.3) is 5.91 Å². The fourth-order valence-electron chi connectivity index (χ4n) is 3.63. The molecule has 6 heteroatoms. The largest absolute Gasteiger partial charge is 0.352 e. The van der Waals surface area contributed by atoms with Gasteiger partial charge in [0, 0.05) is 30.9 Å². The molecule has 0 spiro atoms. The minimum Gasteiger partial charge on any atom is -0.352 e. The SMILES string of the molecule is CC(=O)N1C=Cc2ccccc2[C@@H]1CC(=O)Nc1ccc(C(=O)NCC(C)C)cc1C. The van der Waals surface area contributed by atoms with Crippen molar-refractivity contribution in [3.05, 3.63) is 70.9 Å². The van der Waals surface area contributed by atoms with Gasteiger partial charge in [-0.1, -0.05) is 38.1 Å². The lowest BCUT2D eigenvalue weighted by Gasteiger charge is -2.32. The predicted molar refractivity (Wildman–Crippen MR) is 122 cm³/mol. The molecule has 3 rings (SSSR count). The molecular formula is C25H29N3O3. The Bertz CT molecular complexity index is 1030. The molecule has 1 atom stereocenters. The predicted octanol–water partition coefficient (Wildman–Crippen LogP) is 4.28. The van der Waals surface area contributed by atoms with Crippen LogP contribution in [0.4, 0.5) is 5.69 Å². The van der Waals surface area contributed by atoms with Gasteiger partial charge in [0.05, 0.1) is 12.5 Å². The van der Waals surface area contributed by atoms with E-state index in [1.54, 1.807) is 29.3 Å². The van der Waals surface area contributed by atoms with Crippen LogP contribution in [0.5, 0.6) is 0 Å². The number of hydrogen-bond donors (Lipinski definition) is 2. The standard InChI is InChI=1S/C25H29N3O3/c1-16(2)15-26-25(31)20-9-10-22(17(3)13-20)27-24(30)14-23-21-8-6-5-7-19(21)11-12-28(23)18(4)29/h5-13,16,23H,14-15H2,1-4H3,(H,26,31)(H,27,30)/t23-/m0/s1. The first-order valence-corrected chi connectivity index (χ1v) is 10.5. The molecule has 0 radical (unpaired) electrons. The van der Waals surface area contributed by atoms with Crippen LogP contribution in [0.1, 0.15) is 60.3 Å². The molecule has 1 aliphatic heterocycles. The number of hydrogen-bond acceptors (Lipinski definition) is 3. The molecule has 6 nitrogen and oxygen atoms in total. The summed E-state index contributed by atoms with van der Waals surface area (Å²) in [6.07, 6.45) is 3.76. The van der Waals surface area contributed by atoms with E-state index in [1.165, 1.54) is 6.92 Å². The van der Waals surface area contributed by atoms with Crippen molar-refractivity contribution in [3.8, 4) is 0 Å². The molecular weight excluding hydrogens is 390 g/mol. The summed E-state index contributed by atoms with van der Waals surface area (Å²) in [6.45, 7) is 8.04. The Labute approximate surface area is 183 Å². The van der Waals surface area contributed by atoms with Crippen LogP contribution in [0.25, 0.3) is 6.08 Å². The normalized spacial score (nSPS) is 14.9. The van der Waals surface area contributed by atoms with Gasteiger partial charge in [-0.15, -0.1) is 0 Å². The Morgan fingerprint density at radius 2 is 1.84 bits per heavy atom. The molecule has 0 unspecified atom stereocenters. The second kappa shape index (κ2) is 9.60. The minimum absolute atomic E-state index is 0.114. The van der Waals surface area contributed by atoms with Crippen LogP contribution in [0.15, 0.2) is 48.7 Å². The first-order chi connectivity index (χ1) is 14.8. The van der Waals surface area contributed by atoms with Crippen molar-refractivity contribution in [2.75, 3.05) is 11.9 Å². The molecule has 2 aromatic rings. The molecule has 3 amide bonds. The van der Waals surface area contributed by atoms with Gasteiger partial charge in [-0.2, -0.15) is 0 Å². The zero-order chi connectivity index (χ0) is 22.5. The van der Waals surface area contributed by atoms with Crippen molar-refractivity contribution in [1.82, 2.24) is 10.2 Å². The summed E-state index contributed by atoms with van der Waals surface area (Å²) in [4.78, 5) is 38.8. The van der Waals surface area contributed by atoms with Crippen molar-refractivity contribution in [3.63, 3.8) is 0 Å². The number of carbonyl (C=O) groups is 3. The highest BCUT2D eigenvalue weighted by Crippen LogP contribution is 2.33. The zero-order valence-corrected chi connectivity index (χ0v) is 18.4. The molecule has 0 aromatic heterocycles. The van der Waals surface area contributed by atoms with E-state index in [9.17, 15) is 14.4 Å². The summed E-state index contributed by atoms with van der Waals surface area (Å²) < 4.78 is 0. The van der Waals surface area contributed by atoms with Crippen LogP contribution in [0.2, 0.25) is 0 Å². The summed E-state index contributed by atoms with van der Waals surface area (Å²) in [5.41, 5.74) is 3.97. The third-order valence-corrected chi connectivity index (χ3v) is 5.28. The van der Waals surface area contributed by atoms with Gasteiger partial charge >= 0.3 is 0 Å². The highest BCUT2D eigenvalue weighted by atomic mass is 16.2. The van der Waals surface area contributed by atoms with Crippen LogP contribution in [0.3, 0.4) is 0 Å². The number of fused-ring (bicyclic) bond motifs is 1. The van der Waals surface area contributed by atoms with Crippen molar-refractivity contribution >= 4 is 29.5 Å². The fourth-order valence-corrected chi connectivity index (χ4v) is 3.63. The van der Waals surface area contributed by atoms with Gasteiger partial charge in [-0.05, 0) is 53.8 Å². The maximum absolute atomic E-state index is 12.9. The number of amides is 3. The average Bonchev–Trinajstić information content (AvgIpc) is 2.73. The Hall–Kier alpha value is -3.41. The van der Waals surface area contributed by atoms with Crippen LogP contribution < -0.4 is 10.6 Å². The zero-order valence-electron chi connectivity index (χ0n) is 18.4. The molecule has 0 aliphatic carbocycles. The molecule has 31 heavy (non-hydrogen) atoms. The molecule has 2 aromatic carbocycles. The maximum Gasteiger partial charge on any atom is 0.251 e. The van der Waals surface area contributed by atoms with Gasteiger partial charge in [0.2, 0.25) is 11.8 Å². The summed E-state index contributed by atoms with van der Waals surface area (Å²) in [7, 11) is 0. The van der Waals surface area contributed by atoms with E-state index in [4.69, 9.17) is 0 Å². The summed E-state index contributed by atoms with van der Waals surface area (Å²) in [5.74, 6) is -0.0618. The van der Waals surface area contributed by atoms with Gasteiger partial charge in [0.15, 0.2) is 0 Å². The maximum atomic E-state index is 12.9. The number of anilines is 1. The summed E-state index contributed by atoms with van der Waals surface area (Å²) in [5, 5.41) is 5.83. The first-order valence-electron chi connectivity index (χ1n) is 10.5. The van der Waals surface area contributed by atoms with E-state index in [0.717, 1.165) is 16.7 Å². The van der Waals surface area contributed by atoms with E-state index in [2.05, 4.69) is 10.6 Å². The highest BCUT2D eigenvalue weighted by Gasteiger charge is 2.28. The lowest BCUT2D eigenvalue weighted by Crippen LogP contribution is -2.33. The second-order valence-corrected chi connectivity index (χ2v) is 8.27. The fraction of sp³-hybridized carbons (Fsp3) is 0.320. The quantitative estimate of drug-likeness (QED) is 0.733. The van der Waals surface area contributed by atoms with Gasteiger partial charge in [-0.25, -0.2) is 0 Å². The number of aryl methyl sites for hydroxylation is 1. The van der Waals surface area contributed by atoms with Crippen LogP contribution >= 0.6 is 0 Å². The van der Waals surface area contributed by atoms with Crippen LogP contribution in [0, 0.1) is 12.8 Å². The number of nitrogens with one attached hydrogen (secondary N) is 2. The van der Waals surface area contributed by atoms with Gasteiger partial charge in [0.1, 0.15) is 0 Å². The van der Waals surface area contributed by atoms with Crippen LogP contribution in [-0.2, 0) is 9.59 Å². The monoisotopic (exact) mass is 419 g/mol. The Morgan fingerprint density at radius 3 is 2.52 bits per heavy atom. The summed E-state index contributed by atoms with van der Waals surface area (Å²) >= 11 is 0. The molecule has 1 aliphatic rings. The lowest BCUT2D eigenvalue weighted by molar-refractivity contribution is -0.129. The van der Waals surface area contributed by atoms with E-state index < -0.39 is 0 Å². The van der Waals surface area contributed by atoms with Crippen LogP contribution in [-0.4, -0.2) is 29.2 Å². The van der Waals surface area contributed by atoms with Crippen molar-refractivity contribution in [2.24, 2.45) is 5.92 Å². The van der Waals surface area contributed by atoms with E-state index in [-0.39, 0.29) is 30.2 Å². The third-order valence-electron chi connectivity index (χ3n) is 5.28. The lowest BCUT2D eigenvalue weighted by atomic mass is 9.93. The van der Waals surface area contributed by atoms with Crippen molar-refractivity contribution in [1.29, 1.82) is 0 Å².